The Balaban J connectivity index is 2.69. The van der Waals surface area contributed by atoms with Gasteiger partial charge in [0.25, 0.3) is 0 Å². The van der Waals surface area contributed by atoms with Crippen LogP contribution in [0.5, 0.6) is 0 Å². The highest BCUT2D eigenvalue weighted by molar-refractivity contribution is 6.27. The molecule has 0 aliphatic carbocycles. The maximum Gasteiger partial charge on any atom is 0.237 e. The molecule has 1 rings (SSSR count). The molecule has 0 saturated heterocycles. The first-order valence-corrected chi connectivity index (χ1v) is 5.03. The molecule has 0 spiro atoms. The van der Waals surface area contributed by atoms with E-state index < -0.39 is 0 Å². The van der Waals surface area contributed by atoms with E-state index in [-0.39, 0.29) is 11.8 Å². The quantitative estimate of drug-likeness (QED) is 0.702. The summed E-state index contributed by atoms with van der Waals surface area (Å²) in [5, 5.41) is 0. The number of carbonyl (C=O) groups is 1. The van der Waals surface area contributed by atoms with Crippen LogP contribution in [0.2, 0.25) is 0 Å². The van der Waals surface area contributed by atoms with Crippen molar-refractivity contribution in [1.29, 1.82) is 0 Å². The van der Waals surface area contributed by atoms with Gasteiger partial charge in [-0.2, -0.15) is 0 Å². The lowest BCUT2D eigenvalue weighted by molar-refractivity contribution is -0.127. The molecule has 0 radical (unpaired) electrons. The fourth-order valence-electron chi connectivity index (χ4n) is 1.23. The molecule has 1 amide bonds. The average Bonchev–Trinajstić information content (AvgIpc) is 2.20. The maximum absolute atomic E-state index is 11.2. The van der Waals surface area contributed by atoms with E-state index in [4.69, 9.17) is 11.6 Å². The normalized spacial score (nSPS) is 9.93. The van der Waals surface area contributed by atoms with Crippen LogP contribution in [-0.2, 0) is 11.3 Å². The third kappa shape index (κ3) is 2.74. The third-order valence-corrected chi connectivity index (χ3v) is 2.44. The summed E-state index contributed by atoms with van der Waals surface area (Å²) in [6, 6.07) is 8.02. The summed E-state index contributed by atoms with van der Waals surface area (Å²) in [4.78, 5) is 12.9. The number of aryl methyl sites for hydroxylation is 1. The number of alkyl halides is 1. The van der Waals surface area contributed by atoms with Crippen molar-refractivity contribution >= 4 is 17.5 Å². The minimum atomic E-state index is -0.0464. The zero-order valence-corrected chi connectivity index (χ0v) is 9.21. The Labute approximate surface area is 89.5 Å². The van der Waals surface area contributed by atoms with Crippen LogP contribution in [-0.4, -0.2) is 23.7 Å². The van der Waals surface area contributed by atoms with Crippen LogP contribution in [0.25, 0.3) is 0 Å². The van der Waals surface area contributed by atoms with Crippen LogP contribution in [0, 0.1) is 6.92 Å². The fraction of sp³-hybridized carbons (Fsp3) is 0.364. The molecule has 0 bridgehead atoms. The Hall–Kier alpha value is -1.02. The zero-order valence-electron chi connectivity index (χ0n) is 8.46. The smallest absolute Gasteiger partial charge is 0.237 e. The van der Waals surface area contributed by atoms with Gasteiger partial charge in [-0.15, -0.1) is 11.6 Å². The van der Waals surface area contributed by atoms with Gasteiger partial charge in [0.2, 0.25) is 5.91 Å². The van der Waals surface area contributed by atoms with E-state index in [2.05, 4.69) is 0 Å². The van der Waals surface area contributed by atoms with Gasteiger partial charge in [-0.05, 0) is 18.1 Å². The molecule has 0 heterocycles. The molecule has 0 fully saturated rings. The molecule has 0 saturated carbocycles. The highest BCUT2D eigenvalue weighted by Gasteiger charge is 2.07. The first-order chi connectivity index (χ1) is 6.65. The molecule has 0 unspecified atom stereocenters. The van der Waals surface area contributed by atoms with E-state index in [0.29, 0.717) is 6.54 Å². The number of rotatable bonds is 3. The molecule has 1 aromatic rings. The Morgan fingerprint density at radius 1 is 1.43 bits per heavy atom. The van der Waals surface area contributed by atoms with Crippen LogP contribution in [0.15, 0.2) is 24.3 Å². The fourth-order valence-corrected chi connectivity index (χ4v) is 1.44. The van der Waals surface area contributed by atoms with E-state index in [1.54, 1.807) is 11.9 Å². The molecule has 0 N–H and O–H groups in total. The standard InChI is InChI=1S/C11H14ClNO/c1-9-5-3-4-6-10(9)8-13(2)11(14)7-12/h3-6H,7-8H2,1-2H3. The van der Waals surface area contributed by atoms with Crippen LogP contribution in [0.1, 0.15) is 11.1 Å². The minimum Gasteiger partial charge on any atom is -0.340 e. The van der Waals surface area contributed by atoms with E-state index >= 15 is 0 Å². The van der Waals surface area contributed by atoms with Crippen LogP contribution in [0.4, 0.5) is 0 Å². The van der Waals surface area contributed by atoms with E-state index in [0.717, 1.165) is 5.56 Å². The second-order valence-corrected chi connectivity index (χ2v) is 3.58. The largest absolute Gasteiger partial charge is 0.340 e. The van der Waals surface area contributed by atoms with E-state index in [1.807, 2.05) is 31.2 Å². The molecule has 1 aromatic carbocycles. The van der Waals surface area contributed by atoms with E-state index in [1.165, 1.54) is 5.56 Å². The summed E-state index contributed by atoms with van der Waals surface area (Å²) in [5.41, 5.74) is 2.36. The predicted octanol–water partition coefficient (Wildman–Crippen LogP) is 2.19. The molecule has 0 aromatic heterocycles. The van der Waals surface area contributed by atoms with Crippen molar-refractivity contribution in [2.45, 2.75) is 13.5 Å². The zero-order chi connectivity index (χ0) is 10.6. The molecular formula is C11H14ClNO. The van der Waals surface area contributed by atoms with Crippen LogP contribution in [0.3, 0.4) is 0 Å². The number of nitrogens with zero attached hydrogens (tertiary/aromatic N) is 1. The van der Waals surface area contributed by atoms with Gasteiger partial charge in [-0.1, -0.05) is 24.3 Å². The lowest BCUT2D eigenvalue weighted by Crippen LogP contribution is -2.27. The van der Waals surface area contributed by atoms with Gasteiger partial charge >= 0.3 is 0 Å². The molecular weight excluding hydrogens is 198 g/mol. The van der Waals surface area contributed by atoms with Crippen molar-refractivity contribution in [2.24, 2.45) is 0 Å². The molecule has 0 atom stereocenters. The van der Waals surface area contributed by atoms with Gasteiger partial charge in [0, 0.05) is 13.6 Å². The van der Waals surface area contributed by atoms with Crippen molar-refractivity contribution in [2.75, 3.05) is 12.9 Å². The van der Waals surface area contributed by atoms with Crippen molar-refractivity contribution in [3.8, 4) is 0 Å². The minimum absolute atomic E-state index is 0.0440. The van der Waals surface area contributed by atoms with Crippen molar-refractivity contribution in [3.05, 3.63) is 35.4 Å². The summed E-state index contributed by atoms with van der Waals surface area (Å²) in [7, 11) is 1.76. The van der Waals surface area contributed by atoms with Crippen molar-refractivity contribution < 1.29 is 4.79 Å². The van der Waals surface area contributed by atoms with Crippen molar-refractivity contribution in [1.82, 2.24) is 4.90 Å². The Bertz CT molecular complexity index is 325. The molecule has 76 valence electrons. The van der Waals surface area contributed by atoms with Gasteiger partial charge in [0.15, 0.2) is 0 Å². The number of hydrogen-bond donors (Lipinski definition) is 0. The second kappa shape index (κ2) is 5.01. The van der Waals surface area contributed by atoms with Gasteiger partial charge < -0.3 is 4.90 Å². The average molecular weight is 212 g/mol. The summed E-state index contributed by atoms with van der Waals surface area (Å²) in [6.07, 6.45) is 0. The predicted molar refractivity (Wildman–Crippen MR) is 58.4 cm³/mol. The number of benzene rings is 1. The monoisotopic (exact) mass is 211 g/mol. The number of amides is 1. The molecule has 14 heavy (non-hydrogen) atoms. The number of halogens is 1. The highest BCUT2D eigenvalue weighted by Crippen LogP contribution is 2.09. The van der Waals surface area contributed by atoms with E-state index in [9.17, 15) is 4.79 Å². The van der Waals surface area contributed by atoms with Gasteiger partial charge in [0.05, 0.1) is 0 Å². The van der Waals surface area contributed by atoms with Gasteiger partial charge in [-0.25, -0.2) is 0 Å². The summed E-state index contributed by atoms with van der Waals surface area (Å²) >= 11 is 5.46. The topological polar surface area (TPSA) is 20.3 Å². The Kier molecular flexibility index (Phi) is 3.96. The highest BCUT2D eigenvalue weighted by atomic mass is 35.5. The molecule has 0 aliphatic heterocycles. The maximum atomic E-state index is 11.2. The lowest BCUT2D eigenvalue weighted by atomic mass is 10.1. The summed E-state index contributed by atoms with van der Waals surface area (Å²) < 4.78 is 0. The first-order valence-electron chi connectivity index (χ1n) is 4.49. The summed E-state index contributed by atoms with van der Waals surface area (Å²) in [5.74, 6) is -0.00234. The summed E-state index contributed by atoms with van der Waals surface area (Å²) in [6.45, 7) is 2.66. The van der Waals surface area contributed by atoms with Crippen LogP contribution < -0.4 is 0 Å². The van der Waals surface area contributed by atoms with Gasteiger partial charge in [-0.3, -0.25) is 4.79 Å². The Morgan fingerprint density at radius 2 is 2.07 bits per heavy atom. The molecule has 0 aliphatic rings. The molecule has 2 nitrogen and oxygen atoms in total. The first kappa shape index (κ1) is 11.1. The van der Waals surface area contributed by atoms with Gasteiger partial charge in [0.1, 0.15) is 5.88 Å². The molecule has 3 heteroatoms. The Morgan fingerprint density at radius 3 is 2.64 bits per heavy atom. The number of carbonyl (C=O) groups excluding carboxylic acids is 1. The third-order valence-electron chi connectivity index (χ3n) is 2.21. The SMILES string of the molecule is Cc1ccccc1CN(C)C(=O)CCl. The van der Waals surface area contributed by atoms with Crippen molar-refractivity contribution in [3.63, 3.8) is 0 Å². The number of hydrogen-bond acceptors (Lipinski definition) is 1. The lowest BCUT2D eigenvalue weighted by Gasteiger charge is -2.16. The second-order valence-electron chi connectivity index (χ2n) is 3.31. The van der Waals surface area contributed by atoms with Crippen LogP contribution >= 0.6 is 11.6 Å².